The minimum absolute atomic E-state index is 0.0215. The summed E-state index contributed by atoms with van der Waals surface area (Å²) in [6.07, 6.45) is 0.748. The Hall–Kier alpha value is -2.93. The molecule has 1 amide bonds. The summed E-state index contributed by atoms with van der Waals surface area (Å²) < 4.78 is 7.98. The summed E-state index contributed by atoms with van der Waals surface area (Å²) in [5, 5.41) is 7.10. The molecular formula is C22H26N4O2S. The van der Waals surface area contributed by atoms with E-state index in [1.165, 1.54) is 0 Å². The molecule has 0 saturated heterocycles. The van der Waals surface area contributed by atoms with E-state index in [4.69, 9.17) is 17.0 Å². The number of aryl methyl sites for hydroxylation is 2. The van der Waals surface area contributed by atoms with Crippen molar-refractivity contribution in [2.24, 2.45) is 0 Å². The quantitative estimate of drug-likeness (QED) is 0.448. The van der Waals surface area contributed by atoms with E-state index in [0.29, 0.717) is 23.7 Å². The van der Waals surface area contributed by atoms with Gasteiger partial charge in [-0.2, -0.15) is 5.10 Å². The van der Waals surface area contributed by atoms with Crippen molar-refractivity contribution >= 4 is 18.1 Å². The van der Waals surface area contributed by atoms with Crippen molar-refractivity contribution in [2.75, 3.05) is 20.2 Å². The largest absolute Gasteiger partial charge is 0.493 e. The first-order valence-electron chi connectivity index (χ1n) is 9.60. The molecule has 3 aromatic rings. The molecule has 0 atom stereocenters. The van der Waals surface area contributed by atoms with Crippen LogP contribution >= 0.6 is 12.2 Å². The van der Waals surface area contributed by atoms with Gasteiger partial charge < -0.3 is 9.64 Å². The Bertz CT molecular complexity index is 1020. The minimum Gasteiger partial charge on any atom is -0.493 e. The highest BCUT2D eigenvalue weighted by molar-refractivity contribution is 7.71. The van der Waals surface area contributed by atoms with Gasteiger partial charge in [-0.15, -0.1) is 0 Å². The molecule has 152 valence electrons. The van der Waals surface area contributed by atoms with Crippen LogP contribution in [0.3, 0.4) is 0 Å². The predicted octanol–water partition coefficient (Wildman–Crippen LogP) is 4.15. The second kappa shape index (κ2) is 9.52. The number of nitrogens with one attached hydrogen (secondary N) is 1. The Morgan fingerprint density at radius 2 is 1.90 bits per heavy atom. The number of rotatable bonds is 8. The van der Waals surface area contributed by atoms with Gasteiger partial charge in [-0.1, -0.05) is 48.0 Å². The van der Waals surface area contributed by atoms with Gasteiger partial charge >= 0.3 is 0 Å². The normalized spacial score (nSPS) is 10.7. The molecule has 0 aliphatic rings. The monoisotopic (exact) mass is 410 g/mol. The zero-order valence-corrected chi connectivity index (χ0v) is 17.8. The molecule has 2 aromatic carbocycles. The molecule has 1 N–H and O–H groups in total. The number of hydrogen-bond acceptors (Lipinski definition) is 4. The number of ether oxygens (including phenoxy) is 1. The summed E-state index contributed by atoms with van der Waals surface area (Å²) in [5.41, 5.74) is 3.19. The van der Waals surface area contributed by atoms with Gasteiger partial charge in [-0.25, -0.2) is 0 Å². The topological polar surface area (TPSA) is 63.2 Å². The van der Waals surface area contributed by atoms with Crippen LogP contribution in [0.4, 0.5) is 0 Å². The van der Waals surface area contributed by atoms with E-state index in [-0.39, 0.29) is 12.5 Å². The third-order valence-electron chi connectivity index (χ3n) is 4.78. The fraction of sp³-hybridized carbons (Fsp3) is 0.318. The number of aromatic nitrogens is 3. The van der Waals surface area contributed by atoms with E-state index in [1.54, 1.807) is 16.5 Å². The van der Waals surface area contributed by atoms with Crippen molar-refractivity contribution in [1.82, 2.24) is 19.7 Å². The summed E-state index contributed by atoms with van der Waals surface area (Å²) in [6.45, 7) is 5.36. The molecule has 3 rings (SSSR count). The number of carbonyl (C=O) groups is 1. The lowest BCUT2D eigenvalue weighted by Crippen LogP contribution is -2.32. The van der Waals surface area contributed by atoms with E-state index < -0.39 is 0 Å². The van der Waals surface area contributed by atoms with Crippen LogP contribution in [0.5, 0.6) is 5.75 Å². The van der Waals surface area contributed by atoms with E-state index in [2.05, 4.69) is 10.2 Å². The number of carbonyl (C=O) groups excluding carboxylic acids is 1. The van der Waals surface area contributed by atoms with Gasteiger partial charge in [0, 0.05) is 19.2 Å². The zero-order valence-electron chi connectivity index (χ0n) is 17.0. The fourth-order valence-corrected chi connectivity index (χ4v) is 3.17. The first kappa shape index (κ1) is 20.8. The maximum Gasteiger partial charge on any atom is 0.242 e. The Balaban J connectivity index is 1.56. The standard InChI is InChI=1S/C22H26N4O2S/c1-16-9-11-18(12-10-16)21-23-24-22(29)26(21)15-20(27)25(3)13-6-14-28-19-8-5-4-7-17(19)2/h4-5,7-12H,6,13-15H2,1-3H3,(H,24,29). The third kappa shape index (κ3) is 5.32. The lowest BCUT2D eigenvalue weighted by atomic mass is 10.1. The van der Waals surface area contributed by atoms with Crippen LogP contribution in [-0.4, -0.2) is 45.8 Å². The molecular weight excluding hydrogens is 384 g/mol. The third-order valence-corrected chi connectivity index (χ3v) is 5.09. The van der Waals surface area contributed by atoms with Gasteiger partial charge in [0.2, 0.25) is 5.91 Å². The lowest BCUT2D eigenvalue weighted by Gasteiger charge is -2.18. The van der Waals surface area contributed by atoms with Crippen LogP contribution in [0.2, 0.25) is 0 Å². The van der Waals surface area contributed by atoms with Crippen LogP contribution in [0, 0.1) is 18.6 Å². The molecule has 0 fully saturated rings. The minimum atomic E-state index is -0.0215. The van der Waals surface area contributed by atoms with Gasteiger partial charge in [0.25, 0.3) is 0 Å². The van der Waals surface area contributed by atoms with E-state index >= 15 is 0 Å². The number of H-pyrrole nitrogens is 1. The smallest absolute Gasteiger partial charge is 0.242 e. The summed E-state index contributed by atoms with van der Waals surface area (Å²) in [6, 6.07) is 15.9. The van der Waals surface area contributed by atoms with Crippen LogP contribution < -0.4 is 4.74 Å². The van der Waals surface area contributed by atoms with Crippen LogP contribution in [0.1, 0.15) is 17.5 Å². The number of nitrogens with zero attached hydrogens (tertiary/aromatic N) is 3. The van der Waals surface area contributed by atoms with E-state index in [9.17, 15) is 4.79 Å². The number of amides is 1. The molecule has 0 aliphatic heterocycles. The van der Waals surface area contributed by atoms with Crippen molar-refractivity contribution in [2.45, 2.75) is 26.8 Å². The van der Waals surface area contributed by atoms with Crippen molar-refractivity contribution in [1.29, 1.82) is 0 Å². The van der Waals surface area contributed by atoms with Gasteiger partial charge in [0.05, 0.1) is 6.61 Å². The van der Waals surface area contributed by atoms with Crippen molar-refractivity contribution in [3.05, 3.63) is 64.4 Å². The molecule has 0 spiro atoms. The number of likely N-dealkylation sites (N-methyl/N-ethyl adjacent to an activating group) is 1. The summed E-state index contributed by atoms with van der Waals surface area (Å²) >= 11 is 5.33. The Morgan fingerprint density at radius 1 is 1.17 bits per heavy atom. The summed E-state index contributed by atoms with van der Waals surface area (Å²) in [7, 11) is 1.80. The van der Waals surface area contributed by atoms with Crippen molar-refractivity contribution < 1.29 is 9.53 Å². The molecule has 29 heavy (non-hydrogen) atoms. The van der Waals surface area contributed by atoms with E-state index in [1.807, 2.05) is 62.4 Å². The van der Waals surface area contributed by atoms with E-state index in [0.717, 1.165) is 28.9 Å². The molecule has 0 radical (unpaired) electrons. The lowest BCUT2D eigenvalue weighted by molar-refractivity contribution is -0.130. The van der Waals surface area contributed by atoms with Crippen LogP contribution in [0.25, 0.3) is 11.4 Å². The van der Waals surface area contributed by atoms with Gasteiger partial charge in [0.1, 0.15) is 12.3 Å². The molecule has 0 aliphatic carbocycles. The predicted molar refractivity (Wildman–Crippen MR) is 117 cm³/mol. The van der Waals surface area contributed by atoms with Gasteiger partial charge in [-0.3, -0.25) is 14.5 Å². The Labute approximate surface area is 176 Å². The first-order chi connectivity index (χ1) is 14.0. The fourth-order valence-electron chi connectivity index (χ4n) is 2.97. The highest BCUT2D eigenvalue weighted by Crippen LogP contribution is 2.18. The highest BCUT2D eigenvalue weighted by atomic mass is 32.1. The van der Waals surface area contributed by atoms with Crippen LogP contribution in [0.15, 0.2) is 48.5 Å². The average molecular weight is 411 g/mol. The maximum absolute atomic E-state index is 12.7. The van der Waals surface area contributed by atoms with Crippen LogP contribution in [-0.2, 0) is 11.3 Å². The van der Waals surface area contributed by atoms with Crippen molar-refractivity contribution in [3.8, 4) is 17.1 Å². The van der Waals surface area contributed by atoms with Gasteiger partial charge in [-0.05, 0) is 44.1 Å². The SMILES string of the molecule is Cc1ccc(-c2n[nH]c(=S)n2CC(=O)N(C)CCCOc2ccccc2C)cc1. The van der Waals surface area contributed by atoms with Gasteiger partial charge in [0.15, 0.2) is 10.6 Å². The zero-order chi connectivity index (χ0) is 20.8. The molecule has 7 heteroatoms. The number of para-hydroxylation sites is 1. The molecule has 1 heterocycles. The molecule has 0 unspecified atom stereocenters. The van der Waals surface area contributed by atoms with Crippen molar-refractivity contribution in [3.63, 3.8) is 0 Å². The first-order valence-corrected chi connectivity index (χ1v) is 10.0. The molecule has 1 aromatic heterocycles. The second-order valence-corrected chi connectivity index (χ2v) is 7.47. The number of aromatic amines is 1. The Kier molecular flexibility index (Phi) is 6.82. The average Bonchev–Trinajstić information content (AvgIpc) is 3.07. The second-order valence-electron chi connectivity index (χ2n) is 7.09. The summed E-state index contributed by atoms with van der Waals surface area (Å²) in [5.74, 6) is 1.53. The molecule has 0 bridgehead atoms. The number of hydrogen-bond donors (Lipinski definition) is 1. The maximum atomic E-state index is 12.7. The molecule has 6 nitrogen and oxygen atoms in total. The highest BCUT2D eigenvalue weighted by Gasteiger charge is 2.15. The number of benzene rings is 2. The Morgan fingerprint density at radius 3 is 2.62 bits per heavy atom. The summed E-state index contributed by atoms with van der Waals surface area (Å²) in [4.78, 5) is 14.4. The molecule has 0 saturated carbocycles.